The van der Waals surface area contributed by atoms with Gasteiger partial charge in [-0.1, -0.05) is 0 Å². The fourth-order valence-electron chi connectivity index (χ4n) is 3.12. The quantitative estimate of drug-likeness (QED) is 0.882. The van der Waals surface area contributed by atoms with E-state index in [9.17, 15) is 0 Å². The molecule has 1 aromatic heterocycles. The van der Waals surface area contributed by atoms with Gasteiger partial charge in [0.25, 0.3) is 0 Å². The summed E-state index contributed by atoms with van der Waals surface area (Å²) in [6, 6.07) is 10.9. The molecule has 4 rings (SSSR count). The van der Waals surface area contributed by atoms with E-state index in [-0.39, 0.29) is 0 Å². The number of aromatic nitrogens is 2. The van der Waals surface area contributed by atoms with Crippen LogP contribution < -0.4 is 15.8 Å². The Morgan fingerprint density at radius 2 is 1.71 bits per heavy atom. The summed E-state index contributed by atoms with van der Waals surface area (Å²) in [5.41, 5.74) is 7.97. The van der Waals surface area contributed by atoms with Crippen LogP contribution in [0.5, 0.6) is 5.75 Å². The van der Waals surface area contributed by atoms with Crippen molar-refractivity contribution in [1.29, 1.82) is 0 Å². The molecule has 0 unspecified atom stereocenters. The minimum absolute atomic E-state index is 0.353. The first-order valence-electron chi connectivity index (χ1n) is 8.88. The van der Waals surface area contributed by atoms with E-state index in [0.717, 1.165) is 42.7 Å². The average molecular weight is 324 g/mol. The van der Waals surface area contributed by atoms with Crippen LogP contribution in [0.25, 0.3) is 11.3 Å². The van der Waals surface area contributed by atoms with Crippen molar-refractivity contribution in [3.8, 4) is 17.0 Å². The van der Waals surface area contributed by atoms with Crippen molar-refractivity contribution in [1.82, 2.24) is 9.97 Å². The van der Waals surface area contributed by atoms with Crippen molar-refractivity contribution >= 4 is 5.95 Å². The monoisotopic (exact) mass is 324 g/mol. The SMILES string of the molecule is NC1CCC(Nc2nccc(-c3ccc(OC4CC4)cc3)n2)CC1. The second kappa shape index (κ2) is 6.77. The van der Waals surface area contributed by atoms with Crippen LogP contribution in [0.1, 0.15) is 38.5 Å². The first-order valence-corrected chi connectivity index (χ1v) is 8.88. The van der Waals surface area contributed by atoms with Gasteiger partial charge in [0.15, 0.2) is 0 Å². The van der Waals surface area contributed by atoms with Crippen molar-refractivity contribution in [3.05, 3.63) is 36.5 Å². The fraction of sp³-hybridized carbons (Fsp3) is 0.474. The lowest BCUT2D eigenvalue weighted by Gasteiger charge is -2.26. The number of nitrogens with one attached hydrogen (secondary N) is 1. The lowest BCUT2D eigenvalue weighted by molar-refractivity contribution is 0.303. The second-order valence-electron chi connectivity index (χ2n) is 6.86. The van der Waals surface area contributed by atoms with Crippen LogP contribution in [0, 0.1) is 0 Å². The number of ether oxygens (including phenoxy) is 1. The summed E-state index contributed by atoms with van der Waals surface area (Å²) < 4.78 is 5.79. The number of hydrogen-bond acceptors (Lipinski definition) is 5. The first kappa shape index (κ1) is 15.4. The van der Waals surface area contributed by atoms with E-state index in [1.807, 2.05) is 24.4 Å². The van der Waals surface area contributed by atoms with Gasteiger partial charge in [0, 0.05) is 23.8 Å². The summed E-state index contributed by atoms with van der Waals surface area (Å²) in [6.45, 7) is 0. The van der Waals surface area contributed by atoms with Crippen LogP contribution in [0.15, 0.2) is 36.5 Å². The molecule has 0 aliphatic heterocycles. The Morgan fingerprint density at radius 3 is 2.42 bits per heavy atom. The van der Waals surface area contributed by atoms with E-state index in [2.05, 4.69) is 27.4 Å². The Labute approximate surface area is 142 Å². The molecule has 5 nitrogen and oxygen atoms in total. The Morgan fingerprint density at radius 1 is 0.958 bits per heavy atom. The predicted molar refractivity (Wildman–Crippen MR) is 95.0 cm³/mol. The summed E-state index contributed by atoms with van der Waals surface area (Å²) >= 11 is 0. The van der Waals surface area contributed by atoms with Crippen molar-refractivity contribution in [3.63, 3.8) is 0 Å². The molecule has 1 heterocycles. The van der Waals surface area contributed by atoms with Gasteiger partial charge in [0.2, 0.25) is 5.95 Å². The molecule has 0 spiro atoms. The smallest absolute Gasteiger partial charge is 0.223 e. The molecule has 0 radical (unpaired) electrons. The standard InChI is InChI=1S/C19H24N4O/c20-14-3-5-15(6-4-14)22-19-21-12-11-18(23-19)13-1-7-16(8-2-13)24-17-9-10-17/h1-2,7-8,11-12,14-15,17H,3-6,9-10,20H2,(H,21,22,23). The molecule has 2 aliphatic rings. The maximum atomic E-state index is 5.97. The molecule has 3 N–H and O–H groups in total. The zero-order valence-electron chi connectivity index (χ0n) is 13.8. The third kappa shape index (κ3) is 3.85. The Bertz CT molecular complexity index is 676. The molecular formula is C19H24N4O. The molecule has 1 aromatic carbocycles. The van der Waals surface area contributed by atoms with Gasteiger partial charge in [-0.2, -0.15) is 0 Å². The van der Waals surface area contributed by atoms with Gasteiger partial charge in [-0.05, 0) is 68.9 Å². The molecule has 5 heteroatoms. The lowest BCUT2D eigenvalue weighted by Crippen LogP contribution is -2.33. The Balaban J connectivity index is 1.43. The van der Waals surface area contributed by atoms with Crippen molar-refractivity contribution in [2.45, 2.75) is 56.7 Å². The van der Waals surface area contributed by atoms with Gasteiger partial charge in [-0.3, -0.25) is 0 Å². The van der Waals surface area contributed by atoms with Crippen molar-refractivity contribution < 1.29 is 4.74 Å². The van der Waals surface area contributed by atoms with Crippen LogP contribution in [-0.2, 0) is 0 Å². The Hall–Kier alpha value is -2.14. The van der Waals surface area contributed by atoms with Gasteiger partial charge < -0.3 is 15.8 Å². The largest absolute Gasteiger partial charge is 0.490 e. The van der Waals surface area contributed by atoms with Crippen LogP contribution in [-0.4, -0.2) is 28.2 Å². The summed E-state index contributed by atoms with van der Waals surface area (Å²) in [5, 5.41) is 3.45. The zero-order valence-corrected chi connectivity index (χ0v) is 13.8. The van der Waals surface area contributed by atoms with Crippen LogP contribution in [0.2, 0.25) is 0 Å². The topological polar surface area (TPSA) is 73.1 Å². The average Bonchev–Trinajstić information content (AvgIpc) is 3.42. The van der Waals surface area contributed by atoms with Crippen LogP contribution in [0.3, 0.4) is 0 Å². The van der Waals surface area contributed by atoms with Gasteiger partial charge >= 0.3 is 0 Å². The molecule has 126 valence electrons. The van der Waals surface area contributed by atoms with E-state index in [0.29, 0.717) is 24.1 Å². The second-order valence-corrected chi connectivity index (χ2v) is 6.86. The molecular weight excluding hydrogens is 300 g/mol. The number of benzene rings is 1. The molecule has 2 aromatic rings. The van der Waals surface area contributed by atoms with E-state index in [1.54, 1.807) is 0 Å². The van der Waals surface area contributed by atoms with Gasteiger partial charge in [-0.25, -0.2) is 9.97 Å². The maximum absolute atomic E-state index is 5.97. The highest BCUT2D eigenvalue weighted by molar-refractivity contribution is 5.61. The maximum Gasteiger partial charge on any atom is 0.223 e. The molecule has 0 saturated heterocycles. The fourth-order valence-corrected chi connectivity index (χ4v) is 3.12. The highest BCUT2D eigenvalue weighted by Gasteiger charge is 2.23. The van der Waals surface area contributed by atoms with Crippen LogP contribution >= 0.6 is 0 Å². The number of rotatable bonds is 5. The van der Waals surface area contributed by atoms with E-state index >= 15 is 0 Å². The summed E-state index contributed by atoms with van der Waals surface area (Å²) in [4.78, 5) is 9.03. The molecule has 0 amide bonds. The zero-order chi connectivity index (χ0) is 16.4. The van der Waals surface area contributed by atoms with Gasteiger partial charge in [0.1, 0.15) is 5.75 Å². The number of nitrogens with zero attached hydrogens (tertiary/aromatic N) is 2. The summed E-state index contributed by atoms with van der Waals surface area (Å²) in [5.74, 6) is 1.64. The predicted octanol–water partition coefficient (Wildman–Crippen LogP) is 3.37. The number of anilines is 1. The number of hydrogen-bond donors (Lipinski definition) is 2. The highest BCUT2D eigenvalue weighted by Crippen LogP contribution is 2.28. The van der Waals surface area contributed by atoms with Crippen molar-refractivity contribution in [2.75, 3.05) is 5.32 Å². The molecule has 0 bridgehead atoms. The minimum atomic E-state index is 0.353. The van der Waals surface area contributed by atoms with E-state index < -0.39 is 0 Å². The molecule has 2 saturated carbocycles. The Kier molecular flexibility index (Phi) is 4.34. The molecule has 2 aliphatic carbocycles. The first-order chi connectivity index (χ1) is 11.8. The molecule has 0 atom stereocenters. The minimum Gasteiger partial charge on any atom is -0.490 e. The summed E-state index contributed by atoms with van der Waals surface area (Å²) in [7, 11) is 0. The highest BCUT2D eigenvalue weighted by atomic mass is 16.5. The van der Waals surface area contributed by atoms with E-state index in [1.165, 1.54) is 12.8 Å². The van der Waals surface area contributed by atoms with Crippen LogP contribution in [0.4, 0.5) is 5.95 Å². The van der Waals surface area contributed by atoms with Crippen molar-refractivity contribution in [2.24, 2.45) is 5.73 Å². The lowest BCUT2D eigenvalue weighted by atomic mass is 9.92. The number of nitrogens with two attached hydrogens (primary N) is 1. The normalized spacial score (nSPS) is 23.7. The third-order valence-electron chi connectivity index (χ3n) is 4.74. The summed E-state index contributed by atoms with van der Waals surface area (Å²) in [6.07, 6.45) is 8.90. The molecule has 2 fully saturated rings. The third-order valence-corrected chi connectivity index (χ3v) is 4.74. The van der Waals surface area contributed by atoms with Gasteiger partial charge in [0.05, 0.1) is 11.8 Å². The molecule has 24 heavy (non-hydrogen) atoms. The van der Waals surface area contributed by atoms with E-state index in [4.69, 9.17) is 10.5 Å². The van der Waals surface area contributed by atoms with Gasteiger partial charge in [-0.15, -0.1) is 0 Å².